The lowest BCUT2D eigenvalue weighted by Crippen LogP contribution is -1.90. The zero-order chi connectivity index (χ0) is 12.1. The quantitative estimate of drug-likeness (QED) is 0.796. The minimum absolute atomic E-state index is 0.670. The van der Waals surface area contributed by atoms with Gasteiger partial charge >= 0.3 is 0 Å². The third-order valence-electron chi connectivity index (χ3n) is 2.49. The smallest absolute Gasteiger partial charge is 0.119 e. The van der Waals surface area contributed by atoms with Crippen LogP contribution in [0.2, 0.25) is 0 Å². The van der Waals surface area contributed by atoms with E-state index in [9.17, 15) is 0 Å². The van der Waals surface area contributed by atoms with Crippen molar-refractivity contribution in [3.8, 4) is 22.9 Å². The molecule has 0 fully saturated rings. The van der Waals surface area contributed by atoms with Crippen LogP contribution in [0.1, 0.15) is 12.5 Å². The molecule has 0 radical (unpaired) electrons. The highest BCUT2D eigenvalue weighted by atomic mass is 16.5. The Bertz CT molecular complexity index is 538. The second-order valence-corrected chi connectivity index (χ2v) is 3.65. The molecule has 0 aliphatic rings. The summed E-state index contributed by atoms with van der Waals surface area (Å²) in [6.45, 7) is 2.63. The van der Waals surface area contributed by atoms with Gasteiger partial charge in [0.1, 0.15) is 5.75 Å². The summed E-state index contributed by atoms with van der Waals surface area (Å²) in [4.78, 5) is 0. The Morgan fingerprint density at radius 2 is 1.82 bits per heavy atom. The van der Waals surface area contributed by atoms with Crippen molar-refractivity contribution in [1.29, 1.82) is 5.26 Å². The van der Waals surface area contributed by atoms with Gasteiger partial charge in [-0.2, -0.15) is 5.26 Å². The fourth-order valence-corrected chi connectivity index (χ4v) is 1.68. The van der Waals surface area contributed by atoms with Gasteiger partial charge in [-0.05, 0) is 42.3 Å². The Hall–Kier alpha value is -2.27. The number of ether oxygens (including phenoxy) is 1. The zero-order valence-electron chi connectivity index (χ0n) is 9.68. The highest BCUT2D eigenvalue weighted by molar-refractivity contribution is 5.65. The number of nitriles is 1. The van der Waals surface area contributed by atoms with E-state index in [4.69, 9.17) is 10.00 Å². The minimum atomic E-state index is 0.670. The Morgan fingerprint density at radius 3 is 2.47 bits per heavy atom. The van der Waals surface area contributed by atoms with Gasteiger partial charge in [0.05, 0.1) is 18.2 Å². The number of hydrogen-bond acceptors (Lipinski definition) is 2. The van der Waals surface area contributed by atoms with E-state index < -0.39 is 0 Å². The van der Waals surface area contributed by atoms with Crippen molar-refractivity contribution in [3.63, 3.8) is 0 Å². The zero-order valence-corrected chi connectivity index (χ0v) is 9.68. The highest BCUT2D eigenvalue weighted by Gasteiger charge is 1.99. The van der Waals surface area contributed by atoms with Crippen LogP contribution < -0.4 is 4.74 Å². The van der Waals surface area contributed by atoms with Crippen LogP contribution in [0.3, 0.4) is 0 Å². The van der Waals surface area contributed by atoms with Gasteiger partial charge in [-0.15, -0.1) is 0 Å². The summed E-state index contributed by atoms with van der Waals surface area (Å²) in [5.74, 6) is 0.868. The maximum absolute atomic E-state index is 8.85. The third-order valence-corrected chi connectivity index (χ3v) is 2.49. The van der Waals surface area contributed by atoms with Crippen molar-refractivity contribution in [2.75, 3.05) is 6.61 Å². The van der Waals surface area contributed by atoms with Gasteiger partial charge in [-0.3, -0.25) is 0 Å². The monoisotopic (exact) mass is 223 g/mol. The Kier molecular flexibility index (Phi) is 3.42. The third kappa shape index (κ3) is 2.64. The van der Waals surface area contributed by atoms with Crippen LogP contribution in [0.4, 0.5) is 0 Å². The molecule has 17 heavy (non-hydrogen) atoms. The van der Waals surface area contributed by atoms with Gasteiger partial charge in [0.25, 0.3) is 0 Å². The highest BCUT2D eigenvalue weighted by Crippen LogP contribution is 2.23. The Balaban J connectivity index is 2.30. The van der Waals surface area contributed by atoms with Crippen LogP contribution in [0, 0.1) is 11.3 Å². The molecule has 2 aromatic carbocycles. The second-order valence-electron chi connectivity index (χ2n) is 3.65. The van der Waals surface area contributed by atoms with Crippen molar-refractivity contribution in [3.05, 3.63) is 54.1 Å². The molecule has 0 unspecified atom stereocenters. The molecule has 0 spiro atoms. The molecule has 0 N–H and O–H groups in total. The summed E-state index contributed by atoms with van der Waals surface area (Å²) < 4.78 is 5.39. The van der Waals surface area contributed by atoms with Gasteiger partial charge in [0.15, 0.2) is 0 Å². The molecule has 0 saturated heterocycles. The van der Waals surface area contributed by atoms with Gasteiger partial charge in [0.2, 0.25) is 0 Å². The van der Waals surface area contributed by atoms with E-state index in [1.165, 1.54) is 0 Å². The van der Waals surface area contributed by atoms with Gasteiger partial charge in [-0.1, -0.05) is 24.3 Å². The normalized spacial score (nSPS) is 9.65. The first-order valence-corrected chi connectivity index (χ1v) is 5.57. The molecule has 0 aliphatic heterocycles. The molecule has 2 heteroatoms. The van der Waals surface area contributed by atoms with Gasteiger partial charge in [0, 0.05) is 0 Å². The standard InChI is InChI=1S/C15H13NO/c1-2-17-15-8-6-13(7-9-15)14-5-3-4-12(10-14)11-16/h3-10H,2H2,1H3. The number of nitrogens with zero attached hydrogens (tertiary/aromatic N) is 1. The molecule has 0 aliphatic carbocycles. The van der Waals surface area contributed by atoms with Gasteiger partial charge in [-0.25, -0.2) is 0 Å². The van der Waals surface area contributed by atoms with Crippen LogP contribution in [0.15, 0.2) is 48.5 Å². The van der Waals surface area contributed by atoms with E-state index in [1.807, 2.05) is 49.4 Å². The van der Waals surface area contributed by atoms with E-state index >= 15 is 0 Å². The molecule has 0 amide bonds. The van der Waals surface area contributed by atoms with Crippen molar-refractivity contribution in [1.82, 2.24) is 0 Å². The van der Waals surface area contributed by atoms with Crippen LogP contribution in [-0.2, 0) is 0 Å². The van der Waals surface area contributed by atoms with E-state index in [1.54, 1.807) is 6.07 Å². The second kappa shape index (κ2) is 5.18. The van der Waals surface area contributed by atoms with Crippen LogP contribution in [0.25, 0.3) is 11.1 Å². The first kappa shape index (κ1) is 11.2. The molecule has 0 saturated carbocycles. The molecule has 2 nitrogen and oxygen atoms in total. The number of rotatable bonds is 3. The summed E-state index contributed by atoms with van der Waals surface area (Å²) in [7, 11) is 0. The predicted molar refractivity (Wildman–Crippen MR) is 67.8 cm³/mol. The first-order chi connectivity index (χ1) is 8.33. The molecule has 0 heterocycles. The fourth-order valence-electron chi connectivity index (χ4n) is 1.68. The molecule has 0 bridgehead atoms. The molecule has 2 aromatic rings. The first-order valence-electron chi connectivity index (χ1n) is 5.57. The Labute approximate surface area is 101 Å². The van der Waals surface area contributed by atoms with Crippen LogP contribution in [0.5, 0.6) is 5.75 Å². The van der Waals surface area contributed by atoms with Crippen molar-refractivity contribution < 1.29 is 4.74 Å². The summed E-state index contributed by atoms with van der Waals surface area (Å²) >= 11 is 0. The number of hydrogen-bond donors (Lipinski definition) is 0. The van der Waals surface area contributed by atoms with E-state index in [0.29, 0.717) is 12.2 Å². The topological polar surface area (TPSA) is 33.0 Å². The van der Waals surface area contributed by atoms with E-state index in [0.717, 1.165) is 16.9 Å². The summed E-state index contributed by atoms with van der Waals surface area (Å²) in [5.41, 5.74) is 2.81. The van der Waals surface area contributed by atoms with Gasteiger partial charge < -0.3 is 4.74 Å². The Morgan fingerprint density at radius 1 is 1.06 bits per heavy atom. The predicted octanol–water partition coefficient (Wildman–Crippen LogP) is 3.62. The lowest BCUT2D eigenvalue weighted by molar-refractivity contribution is 0.340. The SMILES string of the molecule is CCOc1ccc(-c2cccc(C#N)c2)cc1. The van der Waals surface area contributed by atoms with Crippen LogP contribution in [-0.4, -0.2) is 6.61 Å². The summed E-state index contributed by atoms with van der Waals surface area (Å²) in [5, 5.41) is 8.85. The number of benzene rings is 2. The lowest BCUT2D eigenvalue weighted by Gasteiger charge is -2.05. The fraction of sp³-hybridized carbons (Fsp3) is 0.133. The van der Waals surface area contributed by atoms with E-state index in [-0.39, 0.29) is 0 Å². The molecule has 0 aromatic heterocycles. The maximum atomic E-state index is 8.85. The molecular formula is C15H13NO. The summed E-state index contributed by atoms with van der Waals surface area (Å²) in [6, 6.07) is 17.6. The van der Waals surface area contributed by atoms with E-state index in [2.05, 4.69) is 6.07 Å². The lowest BCUT2D eigenvalue weighted by atomic mass is 10.0. The molecule has 84 valence electrons. The molecular weight excluding hydrogens is 210 g/mol. The minimum Gasteiger partial charge on any atom is -0.494 e. The summed E-state index contributed by atoms with van der Waals surface area (Å²) in [6.07, 6.45) is 0. The largest absolute Gasteiger partial charge is 0.494 e. The average molecular weight is 223 g/mol. The average Bonchev–Trinajstić information content (AvgIpc) is 2.40. The van der Waals surface area contributed by atoms with Crippen molar-refractivity contribution >= 4 is 0 Å². The molecule has 0 atom stereocenters. The van der Waals surface area contributed by atoms with Crippen molar-refractivity contribution in [2.24, 2.45) is 0 Å². The van der Waals surface area contributed by atoms with Crippen molar-refractivity contribution in [2.45, 2.75) is 6.92 Å². The van der Waals surface area contributed by atoms with Crippen LogP contribution >= 0.6 is 0 Å². The molecule has 2 rings (SSSR count). The maximum Gasteiger partial charge on any atom is 0.119 e.